The minimum absolute atomic E-state index is 0.279. The van der Waals surface area contributed by atoms with Gasteiger partial charge >= 0.3 is 5.97 Å². The van der Waals surface area contributed by atoms with Gasteiger partial charge in [-0.05, 0) is 30.3 Å². The molecule has 0 saturated heterocycles. The molecule has 0 bridgehead atoms. The topological polar surface area (TPSA) is 49.3 Å². The highest BCUT2D eigenvalue weighted by atomic mass is 79.9. The van der Waals surface area contributed by atoms with E-state index in [1.165, 1.54) is 17.4 Å². The predicted octanol–water partition coefficient (Wildman–Crippen LogP) is 3.96. The van der Waals surface area contributed by atoms with E-state index in [1.54, 1.807) is 24.3 Å². The Kier molecular flexibility index (Phi) is 3.98. The summed E-state index contributed by atoms with van der Waals surface area (Å²) >= 11 is 4.44. The van der Waals surface area contributed by atoms with Crippen LogP contribution in [0, 0.1) is 5.82 Å². The van der Waals surface area contributed by atoms with Gasteiger partial charge in [0.2, 0.25) is 0 Å². The van der Waals surface area contributed by atoms with Gasteiger partial charge in [0.15, 0.2) is 0 Å². The van der Waals surface area contributed by atoms with Crippen LogP contribution in [0.1, 0.15) is 14.5 Å². The van der Waals surface area contributed by atoms with Crippen molar-refractivity contribution in [3.8, 4) is 0 Å². The zero-order valence-corrected chi connectivity index (χ0v) is 11.5. The third kappa shape index (κ3) is 3.08. The molecule has 0 spiro atoms. The van der Waals surface area contributed by atoms with Gasteiger partial charge in [0.25, 0.3) is 0 Å². The van der Waals surface area contributed by atoms with Crippen molar-refractivity contribution < 1.29 is 14.3 Å². The Balaban J connectivity index is 2.06. The Morgan fingerprint density at radius 2 is 2.17 bits per heavy atom. The lowest BCUT2D eigenvalue weighted by Gasteiger charge is -2.06. The first kappa shape index (κ1) is 13.0. The van der Waals surface area contributed by atoms with E-state index >= 15 is 0 Å². The molecule has 0 unspecified atom stereocenters. The molecule has 2 aromatic rings. The Bertz CT molecular complexity index is 585. The second kappa shape index (κ2) is 5.49. The number of carbonyl (C=O) groups is 1. The van der Waals surface area contributed by atoms with Crippen LogP contribution in [0.5, 0.6) is 0 Å². The highest BCUT2D eigenvalue weighted by molar-refractivity contribution is 9.10. The molecule has 1 heterocycles. The lowest BCUT2D eigenvalue weighted by Crippen LogP contribution is -1.99. The van der Waals surface area contributed by atoms with Gasteiger partial charge < -0.3 is 10.4 Å². The molecule has 2 rings (SSSR count). The quantitative estimate of drug-likeness (QED) is 0.892. The Morgan fingerprint density at radius 3 is 2.83 bits per heavy atom. The van der Waals surface area contributed by atoms with Gasteiger partial charge in [-0.15, -0.1) is 11.3 Å². The molecular weight excluding hydrogens is 321 g/mol. The van der Waals surface area contributed by atoms with Gasteiger partial charge in [0.1, 0.15) is 10.7 Å². The number of hydrogen-bond acceptors (Lipinski definition) is 3. The maximum Gasteiger partial charge on any atom is 0.345 e. The van der Waals surface area contributed by atoms with E-state index in [2.05, 4.69) is 21.2 Å². The van der Waals surface area contributed by atoms with Crippen molar-refractivity contribution >= 4 is 38.9 Å². The first-order valence-electron chi connectivity index (χ1n) is 5.07. The maximum atomic E-state index is 13.4. The number of rotatable bonds is 4. The fraction of sp³-hybridized carbons (Fsp3) is 0.0833. The van der Waals surface area contributed by atoms with Crippen molar-refractivity contribution in [3.05, 3.63) is 50.4 Å². The number of benzene rings is 1. The maximum absolute atomic E-state index is 13.4. The summed E-state index contributed by atoms with van der Waals surface area (Å²) in [5, 5.41) is 11.7. The van der Waals surface area contributed by atoms with Gasteiger partial charge in [-0.1, -0.05) is 15.9 Å². The van der Waals surface area contributed by atoms with Gasteiger partial charge in [0.05, 0.1) is 5.69 Å². The molecule has 94 valence electrons. The number of carboxylic acids is 1. The molecule has 0 fully saturated rings. The monoisotopic (exact) mass is 329 g/mol. The van der Waals surface area contributed by atoms with Crippen LogP contribution in [0.15, 0.2) is 34.8 Å². The molecule has 3 nitrogen and oxygen atoms in total. The van der Waals surface area contributed by atoms with E-state index in [0.29, 0.717) is 12.2 Å². The predicted molar refractivity (Wildman–Crippen MR) is 72.7 cm³/mol. The van der Waals surface area contributed by atoms with Crippen LogP contribution in [-0.4, -0.2) is 11.1 Å². The van der Waals surface area contributed by atoms with Crippen molar-refractivity contribution in [3.63, 3.8) is 0 Å². The van der Waals surface area contributed by atoms with Crippen molar-refractivity contribution in [2.75, 3.05) is 5.32 Å². The van der Waals surface area contributed by atoms with Crippen LogP contribution < -0.4 is 5.32 Å². The van der Waals surface area contributed by atoms with E-state index in [4.69, 9.17) is 5.11 Å². The zero-order valence-electron chi connectivity index (χ0n) is 9.11. The first-order chi connectivity index (χ1) is 8.56. The molecule has 18 heavy (non-hydrogen) atoms. The van der Waals surface area contributed by atoms with Crippen LogP contribution in [0.3, 0.4) is 0 Å². The molecule has 0 atom stereocenters. The van der Waals surface area contributed by atoms with Crippen LogP contribution >= 0.6 is 27.3 Å². The summed E-state index contributed by atoms with van der Waals surface area (Å²) < 4.78 is 14.2. The average Bonchev–Trinajstić information content (AvgIpc) is 2.79. The molecule has 0 amide bonds. The van der Waals surface area contributed by atoms with Gasteiger partial charge in [-0.3, -0.25) is 0 Å². The first-order valence-corrected chi connectivity index (χ1v) is 6.68. The smallest absolute Gasteiger partial charge is 0.345 e. The molecule has 1 aromatic heterocycles. The standard InChI is InChI=1S/C12H9BrFNO2S/c13-7-1-3-9(14)10(5-7)15-6-8-2-4-11(18-8)12(16)17/h1-5,15H,6H2,(H,16,17). The van der Waals surface area contributed by atoms with Crippen molar-refractivity contribution in [2.24, 2.45) is 0 Å². The summed E-state index contributed by atoms with van der Waals surface area (Å²) in [6.07, 6.45) is 0. The summed E-state index contributed by atoms with van der Waals surface area (Å²) in [4.78, 5) is 11.8. The molecule has 0 aliphatic carbocycles. The van der Waals surface area contributed by atoms with Crippen molar-refractivity contribution in [2.45, 2.75) is 6.54 Å². The summed E-state index contributed by atoms with van der Waals surface area (Å²) in [6.45, 7) is 0.394. The van der Waals surface area contributed by atoms with Crippen molar-refractivity contribution in [1.29, 1.82) is 0 Å². The minimum Gasteiger partial charge on any atom is -0.477 e. The van der Waals surface area contributed by atoms with Gasteiger partial charge in [-0.2, -0.15) is 0 Å². The fourth-order valence-corrected chi connectivity index (χ4v) is 2.55. The number of hydrogen-bond donors (Lipinski definition) is 2. The second-order valence-electron chi connectivity index (χ2n) is 3.55. The average molecular weight is 330 g/mol. The number of halogens is 2. The summed E-state index contributed by atoms with van der Waals surface area (Å²) in [7, 11) is 0. The number of aromatic carboxylic acids is 1. The summed E-state index contributed by atoms with van der Waals surface area (Å²) in [5.41, 5.74) is 0.384. The second-order valence-corrected chi connectivity index (χ2v) is 5.63. The normalized spacial score (nSPS) is 10.3. The van der Waals surface area contributed by atoms with Gasteiger partial charge in [-0.25, -0.2) is 9.18 Å². The molecule has 0 aliphatic heterocycles. The third-order valence-corrected chi connectivity index (χ3v) is 3.82. The SMILES string of the molecule is O=C(O)c1ccc(CNc2cc(Br)ccc2F)s1. The van der Waals surface area contributed by atoms with Gasteiger partial charge in [0, 0.05) is 15.9 Å². The van der Waals surface area contributed by atoms with Crippen LogP contribution in [0.2, 0.25) is 0 Å². The number of thiophene rings is 1. The van der Waals surface area contributed by atoms with Crippen LogP contribution in [-0.2, 0) is 6.54 Å². The van der Waals surface area contributed by atoms with Crippen molar-refractivity contribution in [1.82, 2.24) is 0 Å². The molecular formula is C12H9BrFNO2S. The summed E-state index contributed by atoms with van der Waals surface area (Å²) in [6, 6.07) is 7.89. The lowest BCUT2D eigenvalue weighted by atomic mass is 10.3. The highest BCUT2D eigenvalue weighted by Crippen LogP contribution is 2.22. The Morgan fingerprint density at radius 1 is 1.39 bits per heavy atom. The molecule has 2 N–H and O–H groups in total. The molecule has 0 radical (unpaired) electrons. The molecule has 6 heteroatoms. The van der Waals surface area contributed by atoms with E-state index in [-0.39, 0.29) is 10.7 Å². The minimum atomic E-state index is -0.945. The van der Waals surface area contributed by atoms with Crippen LogP contribution in [0.25, 0.3) is 0 Å². The van der Waals surface area contributed by atoms with Crippen LogP contribution in [0.4, 0.5) is 10.1 Å². The number of anilines is 1. The fourth-order valence-electron chi connectivity index (χ4n) is 1.40. The Hall–Kier alpha value is -1.40. The molecule has 1 aromatic carbocycles. The summed E-state index contributed by atoms with van der Waals surface area (Å²) in [5.74, 6) is -1.28. The Labute approximate surface area is 115 Å². The number of carboxylic acid groups (broad SMARTS) is 1. The molecule has 0 aliphatic rings. The van der Waals surface area contributed by atoms with E-state index in [0.717, 1.165) is 9.35 Å². The lowest BCUT2D eigenvalue weighted by molar-refractivity contribution is 0.0702. The largest absolute Gasteiger partial charge is 0.477 e. The van der Waals surface area contributed by atoms with E-state index < -0.39 is 5.97 Å². The highest BCUT2D eigenvalue weighted by Gasteiger charge is 2.07. The zero-order chi connectivity index (χ0) is 13.1. The third-order valence-electron chi connectivity index (χ3n) is 2.25. The van der Waals surface area contributed by atoms with E-state index in [9.17, 15) is 9.18 Å². The van der Waals surface area contributed by atoms with E-state index in [1.807, 2.05) is 0 Å². The number of nitrogens with one attached hydrogen (secondary N) is 1. The molecule has 0 saturated carbocycles.